The lowest BCUT2D eigenvalue weighted by Crippen LogP contribution is -2.35. The molecule has 0 saturated heterocycles. The van der Waals surface area contributed by atoms with Crippen molar-refractivity contribution >= 4 is 16.9 Å². The van der Waals surface area contributed by atoms with E-state index in [9.17, 15) is 4.79 Å². The lowest BCUT2D eigenvalue weighted by Gasteiger charge is -2.27. The van der Waals surface area contributed by atoms with Gasteiger partial charge in [0.15, 0.2) is 0 Å². The number of likely N-dealkylation sites (N-methyl/N-ethyl adjacent to an activating group) is 1. The smallest absolute Gasteiger partial charge is 0.371 e. The largest absolute Gasteiger partial charge is 0.475 e. The Labute approximate surface area is 124 Å². The SMILES string of the molecule is CCN(Cc1ccc2oc(C(=O)O)cc2c1)C(C)COC. The minimum Gasteiger partial charge on any atom is -0.475 e. The average Bonchev–Trinajstić information content (AvgIpc) is 2.88. The Balaban J connectivity index is 2.19. The highest BCUT2D eigenvalue weighted by Gasteiger charge is 2.14. The van der Waals surface area contributed by atoms with Crippen molar-refractivity contribution in [1.29, 1.82) is 0 Å². The first-order valence-corrected chi connectivity index (χ1v) is 7.04. The minimum atomic E-state index is -1.04. The summed E-state index contributed by atoms with van der Waals surface area (Å²) in [5, 5.41) is 9.77. The predicted octanol–water partition coefficient (Wildman–Crippen LogP) is 2.99. The topological polar surface area (TPSA) is 62.9 Å². The molecule has 0 spiro atoms. The molecule has 1 N–H and O–H groups in total. The van der Waals surface area contributed by atoms with Crippen LogP contribution < -0.4 is 0 Å². The van der Waals surface area contributed by atoms with E-state index in [1.807, 2.05) is 18.2 Å². The van der Waals surface area contributed by atoms with E-state index in [2.05, 4.69) is 18.7 Å². The highest BCUT2D eigenvalue weighted by atomic mass is 16.5. The molecule has 0 aliphatic heterocycles. The summed E-state index contributed by atoms with van der Waals surface area (Å²) in [5.41, 5.74) is 1.73. The first-order chi connectivity index (χ1) is 10.0. The van der Waals surface area contributed by atoms with E-state index in [4.69, 9.17) is 14.3 Å². The molecule has 1 unspecified atom stereocenters. The molecule has 0 aliphatic rings. The molecule has 0 fully saturated rings. The summed E-state index contributed by atoms with van der Waals surface area (Å²) in [4.78, 5) is 13.2. The van der Waals surface area contributed by atoms with Crippen LogP contribution in [0.4, 0.5) is 0 Å². The first-order valence-electron chi connectivity index (χ1n) is 7.04. The number of hydrogen-bond donors (Lipinski definition) is 1. The third kappa shape index (κ3) is 3.62. The maximum absolute atomic E-state index is 10.9. The molecule has 114 valence electrons. The zero-order valence-electron chi connectivity index (χ0n) is 12.6. The predicted molar refractivity (Wildman–Crippen MR) is 80.6 cm³/mol. The van der Waals surface area contributed by atoms with Gasteiger partial charge in [0.05, 0.1) is 6.61 Å². The molecule has 1 aromatic carbocycles. The summed E-state index contributed by atoms with van der Waals surface area (Å²) in [7, 11) is 1.70. The van der Waals surface area contributed by atoms with Gasteiger partial charge in [0.25, 0.3) is 0 Å². The molecule has 5 nitrogen and oxygen atoms in total. The Kier molecular flexibility index (Phi) is 4.98. The van der Waals surface area contributed by atoms with Gasteiger partial charge in [-0.15, -0.1) is 0 Å². The van der Waals surface area contributed by atoms with E-state index < -0.39 is 5.97 Å². The number of carboxylic acids is 1. The highest BCUT2D eigenvalue weighted by Crippen LogP contribution is 2.22. The molecule has 0 saturated carbocycles. The van der Waals surface area contributed by atoms with Gasteiger partial charge < -0.3 is 14.3 Å². The maximum Gasteiger partial charge on any atom is 0.371 e. The van der Waals surface area contributed by atoms with Crippen molar-refractivity contribution in [3.63, 3.8) is 0 Å². The molecule has 21 heavy (non-hydrogen) atoms. The van der Waals surface area contributed by atoms with Crippen molar-refractivity contribution in [2.45, 2.75) is 26.4 Å². The van der Waals surface area contributed by atoms with Crippen LogP contribution in [0.25, 0.3) is 11.0 Å². The molecular formula is C16H21NO4. The fraction of sp³-hybridized carbons (Fsp3) is 0.438. The van der Waals surface area contributed by atoms with Crippen LogP contribution in [0.5, 0.6) is 0 Å². The summed E-state index contributed by atoms with van der Waals surface area (Å²) in [6.45, 7) is 6.65. The van der Waals surface area contributed by atoms with E-state index >= 15 is 0 Å². The van der Waals surface area contributed by atoms with E-state index in [0.717, 1.165) is 24.0 Å². The number of methoxy groups -OCH3 is 1. The van der Waals surface area contributed by atoms with Crippen molar-refractivity contribution in [3.8, 4) is 0 Å². The second kappa shape index (κ2) is 6.74. The van der Waals surface area contributed by atoms with Gasteiger partial charge in [-0.1, -0.05) is 13.0 Å². The Morgan fingerprint density at radius 1 is 1.43 bits per heavy atom. The van der Waals surface area contributed by atoms with Crippen molar-refractivity contribution < 1.29 is 19.1 Å². The van der Waals surface area contributed by atoms with Crippen LogP contribution >= 0.6 is 0 Å². The van der Waals surface area contributed by atoms with Crippen LogP contribution in [0.3, 0.4) is 0 Å². The van der Waals surface area contributed by atoms with Crippen molar-refractivity contribution in [1.82, 2.24) is 4.90 Å². The second-order valence-corrected chi connectivity index (χ2v) is 5.16. The zero-order chi connectivity index (χ0) is 15.4. The number of rotatable bonds is 7. The van der Waals surface area contributed by atoms with Crippen LogP contribution in [-0.4, -0.2) is 42.3 Å². The fourth-order valence-electron chi connectivity index (χ4n) is 2.46. The average molecular weight is 291 g/mol. The first kappa shape index (κ1) is 15.5. The summed E-state index contributed by atoms with van der Waals surface area (Å²) in [5.74, 6) is -1.07. The lowest BCUT2D eigenvalue weighted by atomic mass is 10.1. The summed E-state index contributed by atoms with van der Waals surface area (Å²) >= 11 is 0. The number of ether oxygens (including phenoxy) is 1. The summed E-state index contributed by atoms with van der Waals surface area (Å²) < 4.78 is 10.5. The molecule has 1 atom stereocenters. The number of fused-ring (bicyclic) bond motifs is 1. The Bertz CT molecular complexity index is 620. The molecule has 2 aromatic rings. The van der Waals surface area contributed by atoms with E-state index in [1.165, 1.54) is 0 Å². The van der Waals surface area contributed by atoms with Gasteiger partial charge in [-0.25, -0.2) is 4.79 Å². The van der Waals surface area contributed by atoms with Crippen LogP contribution in [-0.2, 0) is 11.3 Å². The van der Waals surface area contributed by atoms with Gasteiger partial charge in [-0.2, -0.15) is 0 Å². The van der Waals surface area contributed by atoms with E-state index in [-0.39, 0.29) is 5.76 Å². The number of carboxylic acid groups (broad SMARTS) is 1. The lowest BCUT2D eigenvalue weighted by molar-refractivity contribution is 0.0665. The molecule has 0 aliphatic carbocycles. The van der Waals surface area contributed by atoms with Crippen molar-refractivity contribution in [2.24, 2.45) is 0 Å². The highest BCUT2D eigenvalue weighted by molar-refractivity contribution is 5.91. The number of carbonyl (C=O) groups is 1. The monoisotopic (exact) mass is 291 g/mol. The third-order valence-corrected chi connectivity index (χ3v) is 3.61. The Morgan fingerprint density at radius 3 is 2.81 bits per heavy atom. The molecule has 0 bridgehead atoms. The Hall–Kier alpha value is -1.85. The molecule has 2 rings (SSSR count). The molecule has 5 heteroatoms. The zero-order valence-corrected chi connectivity index (χ0v) is 12.6. The van der Waals surface area contributed by atoms with Gasteiger partial charge in [0.2, 0.25) is 5.76 Å². The summed E-state index contributed by atoms with van der Waals surface area (Å²) in [6.07, 6.45) is 0. The second-order valence-electron chi connectivity index (χ2n) is 5.16. The number of hydrogen-bond acceptors (Lipinski definition) is 4. The van der Waals surface area contributed by atoms with Gasteiger partial charge in [0.1, 0.15) is 5.58 Å². The van der Waals surface area contributed by atoms with Crippen molar-refractivity contribution in [2.75, 3.05) is 20.3 Å². The normalized spacial score (nSPS) is 13.0. The van der Waals surface area contributed by atoms with Gasteiger partial charge in [-0.3, -0.25) is 4.90 Å². The minimum absolute atomic E-state index is 0.0257. The Morgan fingerprint density at radius 2 is 2.19 bits per heavy atom. The van der Waals surface area contributed by atoms with E-state index in [0.29, 0.717) is 18.2 Å². The molecule has 0 amide bonds. The van der Waals surface area contributed by atoms with Gasteiger partial charge in [-0.05, 0) is 37.2 Å². The maximum atomic E-state index is 10.9. The van der Waals surface area contributed by atoms with Crippen LogP contribution in [0.2, 0.25) is 0 Å². The molecule has 1 heterocycles. The molecular weight excluding hydrogens is 270 g/mol. The third-order valence-electron chi connectivity index (χ3n) is 3.61. The van der Waals surface area contributed by atoms with Gasteiger partial charge >= 0.3 is 5.97 Å². The molecule has 0 radical (unpaired) electrons. The van der Waals surface area contributed by atoms with Crippen molar-refractivity contribution in [3.05, 3.63) is 35.6 Å². The number of furan rings is 1. The van der Waals surface area contributed by atoms with E-state index in [1.54, 1.807) is 13.2 Å². The van der Waals surface area contributed by atoms with Crippen LogP contribution in [0, 0.1) is 0 Å². The van der Waals surface area contributed by atoms with Crippen LogP contribution in [0.15, 0.2) is 28.7 Å². The summed E-state index contributed by atoms with van der Waals surface area (Å²) in [6, 6.07) is 7.67. The van der Waals surface area contributed by atoms with Gasteiger partial charge in [0, 0.05) is 25.1 Å². The standard InChI is InChI=1S/C16H21NO4/c1-4-17(11(2)10-20-3)9-12-5-6-14-13(7-12)8-15(21-14)16(18)19/h5-8,11H,4,9-10H2,1-3H3,(H,18,19). The fourth-order valence-corrected chi connectivity index (χ4v) is 2.46. The number of aromatic carboxylic acids is 1. The van der Waals surface area contributed by atoms with Crippen LogP contribution in [0.1, 0.15) is 30.0 Å². The quantitative estimate of drug-likeness (QED) is 0.849. The number of nitrogens with zero attached hydrogens (tertiary/aromatic N) is 1. The number of benzene rings is 1. The molecule has 1 aromatic heterocycles.